The summed E-state index contributed by atoms with van der Waals surface area (Å²) in [6, 6.07) is 5.25. The van der Waals surface area contributed by atoms with Crippen LogP contribution in [-0.2, 0) is 6.54 Å². The number of nitrogens with zero attached hydrogens (tertiary/aromatic N) is 1. The lowest BCUT2D eigenvalue weighted by Gasteiger charge is -2.18. The summed E-state index contributed by atoms with van der Waals surface area (Å²) in [5.74, 6) is 1.20. The fraction of sp³-hybridized carbons (Fsp3) is 0.533. The van der Waals surface area contributed by atoms with Crippen molar-refractivity contribution in [2.75, 3.05) is 0 Å². The highest BCUT2D eigenvalue weighted by Crippen LogP contribution is 2.44. The lowest BCUT2D eigenvalue weighted by atomic mass is 10.1. The molecule has 5 heteroatoms. The van der Waals surface area contributed by atoms with Crippen molar-refractivity contribution in [3.05, 3.63) is 35.1 Å². The molecular formula is C15H20FN3O. The summed E-state index contributed by atoms with van der Waals surface area (Å²) in [5.41, 5.74) is 6.48. The molecule has 0 radical (unpaired) electrons. The molecule has 0 spiro atoms. The van der Waals surface area contributed by atoms with Crippen molar-refractivity contribution >= 4 is 5.84 Å². The third-order valence-electron chi connectivity index (χ3n) is 4.24. The number of hydrogen-bond donors (Lipinski definition) is 3. The molecule has 3 rings (SSSR count). The Hall–Kier alpha value is -1.62. The van der Waals surface area contributed by atoms with Crippen LogP contribution in [0.5, 0.6) is 0 Å². The lowest BCUT2D eigenvalue weighted by molar-refractivity contribution is 0.318. The minimum absolute atomic E-state index is 0.0720. The summed E-state index contributed by atoms with van der Waals surface area (Å²) in [6.45, 7) is 0.542. The summed E-state index contributed by atoms with van der Waals surface area (Å²) in [6.07, 6.45) is 5.22. The topological polar surface area (TPSA) is 70.6 Å². The molecule has 0 saturated heterocycles. The number of nitrogens with two attached hydrogens (primary N) is 1. The summed E-state index contributed by atoms with van der Waals surface area (Å²) < 4.78 is 14.0. The normalized spacial score (nSPS) is 19.6. The van der Waals surface area contributed by atoms with Crippen LogP contribution < -0.4 is 11.1 Å². The Morgan fingerprint density at radius 3 is 2.50 bits per heavy atom. The van der Waals surface area contributed by atoms with Crippen molar-refractivity contribution in [2.24, 2.45) is 22.7 Å². The molecule has 20 heavy (non-hydrogen) atoms. The van der Waals surface area contributed by atoms with Gasteiger partial charge in [0.25, 0.3) is 0 Å². The zero-order valence-electron chi connectivity index (χ0n) is 11.3. The van der Waals surface area contributed by atoms with E-state index in [9.17, 15) is 4.39 Å². The van der Waals surface area contributed by atoms with Crippen LogP contribution in [0.4, 0.5) is 4.39 Å². The third-order valence-corrected chi connectivity index (χ3v) is 4.24. The van der Waals surface area contributed by atoms with E-state index in [0.717, 1.165) is 11.8 Å². The Morgan fingerprint density at radius 1 is 1.35 bits per heavy atom. The van der Waals surface area contributed by atoms with Gasteiger partial charge in [0.1, 0.15) is 5.82 Å². The molecule has 4 N–H and O–H groups in total. The maximum absolute atomic E-state index is 14.0. The van der Waals surface area contributed by atoms with Gasteiger partial charge in [-0.2, -0.15) is 0 Å². The minimum atomic E-state index is -0.313. The van der Waals surface area contributed by atoms with Gasteiger partial charge >= 0.3 is 0 Å². The van der Waals surface area contributed by atoms with Crippen LogP contribution in [0, 0.1) is 17.7 Å². The minimum Gasteiger partial charge on any atom is -0.409 e. The molecule has 108 valence electrons. The highest BCUT2D eigenvalue weighted by molar-refractivity contribution is 5.97. The number of amidine groups is 1. The number of benzene rings is 1. The molecule has 0 bridgehead atoms. The molecule has 0 heterocycles. The molecule has 0 aromatic heterocycles. The molecule has 0 aliphatic heterocycles. The van der Waals surface area contributed by atoms with E-state index < -0.39 is 0 Å². The summed E-state index contributed by atoms with van der Waals surface area (Å²) in [7, 11) is 0. The second kappa shape index (κ2) is 5.40. The number of rotatable bonds is 6. The fourth-order valence-corrected chi connectivity index (χ4v) is 2.76. The van der Waals surface area contributed by atoms with Gasteiger partial charge in [-0.05, 0) is 43.6 Å². The van der Waals surface area contributed by atoms with Crippen LogP contribution >= 0.6 is 0 Å². The maximum atomic E-state index is 14.0. The van der Waals surface area contributed by atoms with Crippen molar-refractivity contribution in [3.8, 4) is 0 Å². The molecule has 0 unspecified atom stereocenters. The Balaban J connectivity index is 1.64. The Kier molecular flexibility index (Phi) is 3.61. The van der Waals surface area contributed by atoms with Gasteiger partial charge in [-0.3, -0.25) is 0 Å². The van der Waals surface area contributed by atoms with Crippen LogP contribution in [-0.4, -0.2) is 17.1 Å². The van der Waals surface area contributed by atoms with Gasteiger partial charge in [-0.1, -0.05) is 17.3 Å². The van der Waals surface area contributed by atoms with Gasteiger partial charge in [-0.25, -0.2) is 4.39 Å². The molecular weight excluding hydrogens is 257 g/mol. The molecule has 2 saturated carbocycles. The standard InChI is InChI=1S/C15H20FN3O/c16-13-7-11(15(17)19-20)5-6-12(13)8-18-14(9-1-2-9)10-3-4-10/h5-7,9-10,14,18,20H,1-4,8H2,(H2,17,19). The Bertz CT molecular complexity index is 512. The van der Waals surface area contributed by atoms with E-state index in [-0.39, 0.29) is 11.7 Å². The molecule has 1 aromatic carbocycles. The van der Waals surface area contributed by atoms with E-state index in [4.69, 9.17) is 10.9 Å². The van der Waals surface area contributed by atoms with Gasteiger partial charge in [0, 0.05) is 23.7 Å². The largest absolute Gasteiger partial charge is 0.409 e. The Morgan fingerprint density at radius 2 is 2.00 bits per heavy atom. The van der Waals surface area contributed by atoms with Gasteiger partial charge in [-0.15, -0.1) is 0 Å². The van der Waals surface area contributed by atoms with Crippen molar-refractivity contribution in [3.63, 3.8) is 0 Å². The van der Waals surface area contributed by atoms with E-state index in [1.807, 2.05) is 0 Å². The van der Waals surface area contributed by atoms with Crippen LogP contribution in [0.15, 0.2) is 23.4 Å². The predicted molar refractivity (Wildman–Crippen MR) is 75.0 cm³/mol. The summed E-state index contributed by atoms with van der Waals surface area (Å²) in [5, 5.41) is 15.0. The molecule has 0 amide bonds. The van der Waals surface area contributed by atoms with E-state index in [0.29, 0.717) is 23.7 Å². The molecule has 2 aliphatic rings. The number of oxime groups is 1. The summed E-state index contributed by atoms with van der Waals surface area (Å²) in [4.78, 5) is 0. The second-order valence-electron chi connectivity index (χ2n) is 5.87. The smallest absolute Gasteiger partial charge is 0.170 e. The zero-order valence-corrected chi connectivity index (χ0v) is 11.3. The van der Waals surface area contributed by atoms with Gasteiger partial charge in [0.15, 0.2) is 5.84 Å². The number of halogens is 1. The molecule has 2 aliphatic carbocycles. The van der Waals surface area contributed by atoms with Crippen LogP contribution in [0.3, 0.4) is 0 Å². The van der Waals surface area contributed by atoms with Crippen molar-refractivity contribution in [2.45, 2.75) is 38.3 Å². The van der Waals surface area contributed by atoms with E-state index in [1.165, 1.54) is 31.7 Å². The average Bonchev–Trinajstić information content (AvgIpc) is 3.32. The van der Waals surface area contributed by atoms with Crippen molar-refractivity contribution in [1.82, 2.24) is 5.32 Å². The van der Waals surface area contributed by atoms with Crippen LogP contribution in [0.1, 0.15) is 36.8 Å². The van der Waals surface area contributed by atoms with E-state index >= 15 is 0 Å². The zero-order chi connectivity index (χ0) is 14.1. The van der Waals surface area contributed by atoms with Crippen LogP contribution in [0.2, 0.25) is 0 Å². The first-order valence-corrected chi connectivity index (χ1v) is 7.18. The Labute approximate surface area is 117 Å². The van der Waals surface area contributed by atoms with Gasteiger partial charge < -0.3 is 16.3 Å². The first-order chi connectivity index (χ1) is 9.69. The molecule has 1 aromatic rings. The van der Waals surface area contributed by atoms with Crippen LogP contribution in [0.25, 0.3) is 0 Å². The van der Waals surface area contributed by atoms with Crippen molar-refractivity contribution < 1.29 is 9.60 Å². The highest BCUT2D eigenvalue weighted by Gasteiger charge is 2.40. The van der Waals surface area contributed by atoms with E-state index in [1.54, 1.807) is 12.1 Å². The quantitative estimate of drug-likeness (QED) is 0.323. The average molecular weight is 277 g/mol. The first-order valence-electron chi connectivity index (χ1n) is 7.18. The monoisotopic (exact) mass is 277 g/mol. The predicted octanol–water partition coefficient (Wildman–Crippen LogP) is 2.20. The molecule has 0 atom stereocenters. The van der Waals surface area contributed by atoms with Gasteiger partial charge in [0.05, 0.1) is 0 Å². The number of nitrogens with one attached hydrogen (secondary N) is 1. The number of hydrogen-bond acceptors (Lipinski definition) is 3. The SMILES string of the molecule is NC(=NO)c1ccc(CNC(C2CC2)C2CC2)c(F)c1. The lowest BCUT2D eigenvalue weighted by Crippen LogP contribution is -2.32. The third kappa shape index (κ3) is 2.93. The first kappa shape index (κ1) is 13.4. The second-order valence-corrected chi connectivity index (χ2v) is 5.87. The summed E-state index contributed by atoms with van der Waals surface area (Å²) >= 11 is 0. The van der Waals surface area contributed by atoms with Gasteiger partial charge in [0.2, 0.25) is 0 Å². The maximum Gasteiger partial charge on any atom is 0.170 e. The van der Waals surface area contributed by atoms with Crippen molar-refractivity contribution in [1.29, 1.82) is 0 Å². The fourth-order valence-electron chi connectivity index (χ4n) is 2.76. The molecule has 4 nitrogen and oxygen atoms in total. The highest BCUT2D eigenvalue weighted by atomic mass is 19.1. The van der Waals surface area contributed by atoms with E-state index in [2.05, 4.69) is 10.5 Å². The molecule has 2 fully saturated rings.